The van der Waals surface area contributed by atoms with Crippen molar-refractivity contribution in [2.24, 2.45) is 0 Å². The highest BCUT2D eigenvalue weighted by Crippen LogP contribution is 2.33. The highest BCUT2D eigenvalue weighted by Gasteiger charge is 2.36. The summed E-state index contributed by atoms with van der Waals surface area (Å²) in [5, 5.41) is 14.9. The third kappa shape index (κ3) is 4.56. The molecule has 9 heteroatoms. The van der Waals surface area contributed by atoms with Crippen molar-refractivity contribution in [2.75, 3.05) is 19.0 Å². The molecule has 0 spiro atoms. The van der Waals surface area contributed by atoms with Gasteiger partial charge in [0.2, 0.25) is 5.28 Å². The molecule has 0 unspecified atom stereocenters. The molecule has 0 aliphatic heterocycles. The number of amides is 1. The summed E-state index contributed by atoms with van der Waals surface area (Å²) in [6.45, 7) is 0.302. The number of nitrogens with one attached hydrogen (secondary N) is 2. The topological polar surface area (TPSA) is 96.4 Å². The van der Waals surface area contributed by atoms with E-state index in [1.54, 1.807) is 13.3 Å². The number of carbonyl (C=O) groups is 1. The first kappa shape index (κ1) is 17.5. The standard InChI is InChI=1S/C13H18ClIN4O3/c1-22-8-2-4-13(5-3-8,7-17-12(20)21)19-10-9(15)6-16-11(14)18-10/h6,8,17H,2-5,7H2,1H3,(H,20,21)(H,16,18,19)/t8-,13+. The van der Waals surface area contributed by atoms with E-state index in [0.717, 1.165) is 29.3 Å². The van der Waals surface area contributed by atoms with Gasteiger partial charge in [0.1, 0.15) is 5.82 Å². The Morgan fingerprint density at radius 3 is 2.86 bits per heavy atom. The van der Waals surface area contributed by atoms with E-state index in [4.69, 9.17) is 21.4 Å². The quantitative estimate of drug-likeness (QED) is 0.481. The van der Waals surface area contributed by atoms with Crippen molar-refractivity contribution in [3.05, 3.63) is 15.1 Å². The van der Waals surface area contributed by atoms with Crippen molar-refractivity contribution in [1.29, 1.82) is 0 Å². The Morgan fingerprint density at radius 1 is 1.59 bits per heavy atom. The molecule has 1 aliphatic carbocycles. The van der Waals surface area contributed by atoms with Crippen LogP contribution in [0.4, 0.5) is 10.6 Å². The first-order chi connectivity index (χ1) is 10.4. The highest BCUT2D eigenvalue weighted by atomic mass is 127. The first-order valence-corrected chi connectivity index (χ1v) is 8.35. The number of rotatable bonds is 5. The van der Waals surface area contributed by atoms with Crippen LogP contribution in [0.5, 0.6) is 0 Å². The van der Waals surface area contributed by atoms with Gasteiger partial charge in [-0.05, 0) is 59.9 Å². The number of aromatic nitrogens is 2. The van der Waals surface area contributed by atoms with E-state index in [1.165, 1.54) is 0 Å². The number of carboxylic acid groups (broad SMARTS) is 1. The third-order valence-corrected chi connectivity index (χ3v) is 4.87. The molecule has 2 rings (SSSR count). The smallest absolute Gasteiger partial charge is 0.404 e. The van der Waals surface area contributed by atoms with Gasteiger partial charge in [-0.1, -0.05) is 0 Å². The van der Waals surface area contributed by atoms with E-state index in [1.807, 2.05) is 0 Å². The summed E-state index contributed by atoms with van der Waals surface area (Å²) in [7, 11) is 1.70. The largest absolute Gasteiger partial charge is 0.465 e. The summed E-state index contributed by atoms with van der Waals surface area (Å²) < 4.78 is 6.23. The van der Waals surface area contributed by atoms with Gasteiger partial charge in [-0.25, -0.2) is 9.78 Å². The summed E-state index contributed by atoms with van der Waals surface area (Å²) in [6.07, 6.45) is 4.10. The van der Waals surface area contributed by atoms with Crippen molar-refractivity contribution in [1.82, 2.24) is 15.3 Å². The Bertz CT molecular complexity index is 538. The molecule has 0 saturated heterocycles. The molecular formula is C13H18ClIN4O3. The lowest BCUT2D eigenvalue weighted by molar-refractivity contribution is 0.0535. The minimum atomic E-state index is -1.04. The van der Waals surface area contributed by atoms with Crippen LogP contribution in [0, 0.1) is 3.57 Å². The van der Waals surface area contributed by atoms with Crippen molar-refractivity contribution >= 4 is 46.1 Å². The van der Waals surface area contributed by atoms with Crippen molar-refractivity contribution in [2.45, 2.75) is 37.3 Å². The minimum absolute atomic E-state index is 0.162. The van der Waals surface area contributed by atoms with Crippen LogP contribution >= 0.6 is 34.2 Å². The average Bonchev–Trinajstić information content (AvgIpc) is 2.50. The number of hydrogen-bond donors (Lipinski definition) is 3. The van der Waals surface area contributed by atoms with Crippen molar-refractivity contribution in [3.63, 3.8) is 0 Å². The van der Waals surface area contributed by atoms with E-state index in [0.29, 0.717) is 12.4 Å². The average molecular weight is 441 g/mol. The summed E-state index contributed by atoms with van der Waals surface area (Å²) >= 11 is 7.98. The fourth-order valence-corrected chi connectivity index (χ4v) is 3.18. The third-order valence-electron chi connectivity index (χ3n) is 3.90. The van der Waals surface area contributed by atoms with Crippen LogP contribution in [0.25, 0.3) is 0 Å². The fraction of sp³-hybridized carbons (Fsp3) is 0.615. The summed E-state index contributed by atoms with van der Waals surface area (Å²) in [5.74, 6) is 0.628. The Hall–Kier alpha value is -0.870. The van der Waals surface area contributed by atoms with Gasteiger partial charge in [-0.2, -0.15) is 4.98 Å². The Morgan fingerprint density at radius 2 is 2.27 bits per heavy atom. The molecule has 0 aromatic carbocycles. The van der Waals surface area contributed by atoms with E-state index >= 15 is 0 Å². The maximum Gasteiger partial charge on any atom is 0.404 e. The van der Waals surface area contributed by atoms with Crippen LogP contribution in [0.2, 0.25) is 5.28 Å². The molecule has 0 bridgehead atoms. The molecule has 1 saturated carbocycles. The lowest BCUT2D eigenvalue weighted by atomic mass is 9.80. The van der Waals surface area contributed by atoms with E-state index in [9.17, 15) is 4.79 Å². The number of methoxy groups -OCH3 is 1. The van der Waals surface area contributed by atoms with Gasteiger partial charge in [0.25, 0.3) is 0 Å². The van der Waals surface area contributed by atoms with E-state index in [2.05, 4.69) is 43.2 Å². The van der Waals surface area contributed by atoms with Crippen molar-refractivity contribution in [3.8, 4) is 0 Å². The molecule has 3 N–H and O–H groups in total. The molecule has 122 valence electrons. The van der Waals surface area contributed by atoms with Gasteiger partial charge < -0.3 is 20.5 Å². The lowest BCUT2D eigenvalue weighted by Crippen LogP contribution is -2.52. The van der Waals surface area contributed by atoms with Crippen LogP contribution in [0.1, 0.15) is 25.7 Å². The number of anilines is 1. The highest BCUT2D eigenvalue weighted by molar-refractivity contribution is 14.1. The normalized spacial score (nSPS) is 24.8. The minimum Gasteiger partial charge on any atom is -0.465 e. The molecule has 1 amide bonds. The van der Waals surface area contributed by atoms with Gasteiger partial charge in [-0.3, -0.25) is 0 Å². The van der Waals surface area contributed by atoms with E-state index in [-0.39, 0.29) is 11.4 Å². The monoisotopic (exact) mass is 440 g/mol. The first-order valence-electron chi connectivity index (χ1n) is 6.90. The summed E-state index contributed by atoms with van der Waals surface area (Å²) in [4.78, 5) is 19.0. The Kier molecular flexibility index (Phi) is 6.04. The van der Waals surface area contributed by atoms with Crippen LogP contribution in [-0.4, -0.2) is 46.5 Å². The van der Waals surface area contributed by atoms with Gasteiger partial charge in [0, 0.05) is 19.9 Å². The molecule has 22 heavy (non-hydrogen) atoms. The Labute approximate surface area is 147 Å². The van der Waals surface area contributed by atoms with Crippen LogP contribution in [0.3, 0.4) is 0 Å². The second-order valence-electron chi connectivity index (χ2n) is 5.33. The maximum absolute atomic E-state index is 10.9. The van der Waals surface area contributed by atoms with Gasteiger partial charge in [0.15, 0.2) is 0 Å². The molecule has 0 atom stereocenters. The molecule has 1 aromatic heterocycles. The number of hydrogen-bond acceptors (Lipinski definition) is 5. The maximum atomic E-state index is 10.9. The van der Waals surface area contributed by atoms with Crippen molar-refractivity contribution < 1.29 is 14.6 Å². The van der Waals surface area contributed by atoms with Crippen LogP contribution < -0.4 is 10.6 Å². The zero-order chi connectivity index (χ0) is 16.2. The summed E-state index contributed by atoms with van der Waals surface area (Å²) in [6, 6.07) is 0. The number of nitrogens with zero attached hydrogens (tertiary/aromatic N) is 2. The van der Waals surface area contributed by atoms with Gasteiger partial charge in [0.05, 0.1) is 15.2 Å². The predicted molar refractivity (Wildman–Crippen MR) is 91.4 cm³/mol. The molecule has 7 nitrogen and oxygen atoms in total. The van der Waals surface area contributed by atoms with E-state index < -0.39 is 11.6 Å². The van der Waals surface area contributed by atoms with Crippen LogP contribution in [-0.2, 0) is 4.74 Å². The number of ether oxygens (including phenoxy) is 1. The number of halogens is 2. The lowest BCUT2D eigenvalue weighted by Gasteiger charge is -2.41. The molecule has 1 aromatic rings. The van der Waals surface area contributed by atoms with Crippen LogP contribution in [0.15, 0.2) is 6.20 Å². The molecule has 1 heterocycles. The zero-order valence-electron chi connectivity index (χ0n) is 12.1. The second-order valence-corrected chi connectivity index (χ2v) is 6.83. The molecule has 1 aliphatic rings. The second kappa shape index (κ2) is 7.60. The zero-order valence-corrected chi connectivity index (χ0v) is 15.0. The predicted octanol–water partition coefficient (Wildman–Crippen LogP) is 2.74. The SMILES string of the molecule is CO[C@H]1CC[C@@](CNC(=O)O)(Nc2nc(Cl)ncc2I)CC1. The fourth-order valence-electron chi connectivity index (χ4n) is 2.65. The molecule has 1 fully saturated rings. The molecular weight excluding hydrogens is 423 g/mol. The van der Waals surface area contributed by atoms with Gasteiger partial charge >= 0.3 is 6.09 Å². The van der Waals surface area contributed by atoms with Gasteiger partial charge in [-0.15, -0.1) is 0 Å². The summed E-state index contributed by atoms with van der Waals surface area (Å²) in [5.41, 5.74) is -0.398. The Balaban J connectivity index is 2.17. The molecule has 0 radical (unpaired) electrons.